The van der Waals surface area contributed by atoms with Crippen molar-refractivity contribution in [1.29, 1.82) is 0 Å². The average molecular weight is 288 g/mol. The molecule has 7 heteroatoms. The molecule has 1 saturated heterocycles. The van der Waals surface area contributed by atoms with Gasteiger partial charge in [0, 0.05) is 6.54 Å². The van der Waals surface area contributed by atoms with Gasteiger partial charge in [0.1, 0.15) is 0 Å². The molecule has 2 rings (SSSR count). The number of nitrogens with zero attached hydrogens (tertiary/aromatic N) is 1. The Morgan fingerprint density at radius 1 is 1.35 bits per heavy atom. The van der Waals surface area contributed by atoms with Crippen molar-refractivity contribution < 1.29 is 22.7 Å². The van der Waals surface area contributed by atoms with Gasteiger partial charge >= 0.3 is 12.4 Å². The number of hydrogen-bond donors (Lipinski definition) is 1. The molecule has 0 aliphatic carbocycles. The SMILES string of the molecule is Cc1ccc(C2C(OC(F)(F)F)CCN2C(N)=O)cc1. The van der Waals surface area contributed by atoms with Crippen LogP contribution in [-0.4, -0.2) is 29.9 Å². The van der Waals surface area contributed by atoms with Crippen LogP contribution >= 0.6 is 0 Å². The number of ether oxygens (including phenoxy) is 1. The first-order valence-electron chi connectivity index (χ1n) is 6.15. The molecule has 1 aromatic carbocycles. The van der Waals surface area contributed by atoms with E-state index < -0.39 is 24.5 Å². The van der Waals surface area contributed by atoms with E-state index in [1.807, 2.05) is 6.92 Å². The molecule has 1 aliphatic heterocycles. The van der Waals surface area contributed by atoms with Gasteiger partial charge in [-0.15, -0.1) is 13.2 Å². The van der Waals surface area contributed by atoms with E-state index >= 15 is 0 Å². The molecule has 2 atom stereocenters. The first-order chi connectivity index (χ1) is 9.28. The van der Waals surface area contributed by atoms with Crippen molar-refractivity contribution in [1.82, 2.24) is 4.90 Å². The van der Waals surface area contributed by atoms with Gasteiger partial charge in [-0.05, 0) is 18.9 Å². The molecular formula is C13H15F3N2O2. The first kappa shape index (κ1) is 14.6. The molecule has 0 saturated carbocycles. The predicted molar refractivity (Wildman–Crippen MR) is 65.8 cm³/mol. The number of primary amides is 1. The van der Waals surface area contributed by atoms with Gasteiger partial charge in [-0.1, -0.05) is 29.8 Å². The zero-order valence-electron chi connectivity index (χ0n) is 10.9. The number of nitrogens with two attached hydrogens (primary N) is 1. The standard InChI is InChI=1S/C13H15F3N2O2/c1-8-2-4-9(5-3-8)11-10(20-13(14,15)16)6-7-18(11)12(17)19/h2-5,10-11H,6-7H2,1H3,(H2,17,19). The highest BCUT2D eigenvalue weighted by molar-refractivity contribution is 5.73. The number of carbonyl (C=O) groups is 1. The lowest BCUT2D eigenvalue weighted by molar-refractivity contribution is -0.344. The quantitative estimate of drug-likeness (QED) is 0.909. The van der Waals surface area contributed by atoms with Gasteiger partial charge in [-0.25, -0.2) is 4.79 Å². The third-order valence-electron chi connectivity index (χ3n) is 3.33. The van der Waals surface area contributed by atoms with Crippen LogP contribution in [0.3, 0.4) is 0 Å². The number of benzene rings is 1. The second-order valence-electron chi connectivity index (χ2n) is 4.78. The fourth-order valence-electron chi connectivity index (χ4n) is 2.46. The van der Waals surface area contributed by atoms with Gasteiger partial charge in [-0.2, -0.15) is 0 Å². The van der Waals surface area contributed by atoms with Crippen LogP contribution in [0.1, 0.15) is 23.6 Å². The lowest BCUT2D eigenvalue weighted by Gasteiger charge is -2.27. The molecule has 0 radical (unpaired) electrons. The topological polar surface area (TPSA) is 55.6 Å². The van der Waals surface area contributed by atoms with Crippen molar-refractivity contribution in [3.8, 4) is 0 Å². The highest BCUT2D eigenvalue weighted by Crippen LogP contribution is 2.37. The zero-order valence-corrected chi connectivity index (χ0v) is 10.9. The van der Waals surface area contributed by atoms with Crippen molar-refractivity contribution in [2.75, 3.05) is 6.54 Å². The van der Waals surface area contributed by atoms with E-state index in [4.69, 9.17) is 5.73 Å². The maximum Gasteiger partial charge on any atom is 0.522 e. The van der Waals surface area contributed by atoms with Crippen LogP contribution in [0.4, 0.5) is 18.0 Å². The molecule has 2 amide bonds. The summed E-state index contributed by atoms with van der Waals surface area (Å²) >= 11 is 0. The number of urea groups is 1. The van der Waals surface area contributed by atoms with Gasteiger partial charge in [-0.3, -0.25) is 4.74 Å². The summed E-state index contributed by atoms with van der Waals surface area (Å²) in [5.74, 6) is 0. The molecule has 1 aromatic rings. The van der Waals surface area contributed by atoms with E-state index in [9.17, 15) is 18.0 Å². The van der Waals surface area contributed by atoms with Crippen molar-refractivity contribution >= 4 is 6.03 Å². The van der Waals surface area contributed by atoms with E-state index in [-0.39, 0.29) is 13.0 Å². The summed E-state index contributed by atoms with van der Waals surface area (Å²) in [7, 11) is 0. The summed E-state index contributed by atoms with van der Waals surface area (Å²) in [6.07, 6.45) is -5.77. The van der Waals surface area contributed by atoms with Crippen LogP contribution in [0.25, 0.3) is 0 Å². The fourth-order valence-corrected chi connectivity index (χ4v) is 2.46. The van der Waals surface area contributed by atoms with E-state index in [2.05, 4.69) is 4.74 Å². The minimum absolute atomic E-state index is 0.0982. The minimum Gasteiger partial charge on any atom is -0.351 e. The van der Waals surface area contributed by atoms with E-state index in [1.54, 1.807) is 24.3 Å². The number of likely N-dealkylation sites (tertiary alicyclic amines) is 1. The van der Waals surface area contributed by atoms with E-state index in [0.717, 1.165) is 5.56 Å². The summed E-state index contributed by atoms with van der Waals surface area (Å²) in [6, 6.07) is 5.37. The van der Waals surface area contributed by atoms with Gasteiger partial charge < -0.3 is 10.6 Å². The summed E-state index contributed by atoms with van der Waals surface area (Å²) in [4.78, 5) is 12.6. The third-order valence-corrected chi connectivity index (χ3v) is 3.33. The second kappa shape index (κ2) is 5.32. The average Bonchev–Trinajstić information content (AvgIpc) is 2.71. The lowest BCUT2D eigenvalue weighted by Crippen LogP contribution is -2.38. The number of alkyl halides is 3. The van der Waals surface area contributed by atoms with Crippen LogP contribution < -0.4 is 5.73 Å². The maximum atomic E-state index is 12.4. The highest BCUT2D eigenvalue weighted by Gasteiger charge is 2.44. The van der Waals surface area contributed by atoms with Gasteiger partial charge in [0.2, 0.25) is 0 Å². The Morgan fingerprint density at radius 2 is 1.95 bits per heavy atom. The Kier molecular flexibility index (Phi) is 3.89. The molecule has 1 aliphatic rings. The molecular weight excluding hydrogens is 273 g/mol. The molecule has 0 aromatic heterocycles. The molecule has 20 heavy (non-hydrogen) atoms. The number of rotatable bonds is 2. The predicted octanol–water partition coefficient (Wildman–Crippen LogP) is 2.73. The van der Waals surface area contributed by atoms with Crippen molar-refractivity contribution in [2.45, 2.75) is 31.9 Å². The Bertz CT molecular complexity index is 487. The Morgan fingerprint density at radius 3 is 2.45 bits per heavy atom. The van der Waals surface area contributed by atoms with Gasteiger partial charge in [0.25, 0.3) is 0 Å². The number of carbonyl (C=O) groups excluding carboxylic acids is 1. The molecule has 2 N–H and O–H groups in total. The van der Waals surface area contributed by atoms with E-state index in [1.165, 1.54) is 4.90 Å². The van der Waals surface area contributed by atoms with Crippen LogP contribution in [-0.2, 0) is 4.74 Å². The van der Waals surface area contributed by atoms with Gasteiger partial charge in [0.15, 0.2) is 0 Å². The zero-order chi connectivity index (χ0) is 14.9. The summed E-state index contributed by atoms with van der Waals surface area (Å²) < 4.78 is 41.4. The minimum atomic E-state index is -4.73. The smallest absolute Gasteiger partial charge is 0.351 e. The number of hydrogen-bond acceptors (Lipinski definition) is 2. The molecule has 0 bridgehead atoms. The molecule has 1 heterocycles. The number of halogens is 3. The normalized spacial score (nSPS) is 23.1. The van der Waals surface area contributed by atoms with Crippen LogP contribution in [0.5, 0.6) is 0 Å². The number of aryl methyl sites for hydroxylation is 1. The van der Waals surface area contributed by atoms with E-state index in [0.29, 0.717) is 5.56 Å². The fraction of sp³-hybridized carbons (Fsp3) is 0.462. The van der Waals surface area contributed by atoms with Crippen LogP contribution in [0, 0.1) is 6.92 Å². The second-order valence-corrected chi connectivity index (χ2v) is 4.78. The Labute approximate surface area is 114 Å². The third kappa shape index (κ3) is 3.22. The van der Waals surface area contributed by atoms with Crippen LogP contribution in [0.15, 0.2) is 24.3 Å². The molecule has 1 fully saturated rings. The first-order valence-corrected chi connectivity index (χ1v) is 6.15. The monoisotopic (exact) mass is 288 g/mol. The van der Waals surface area contributed by atoms with Crippen LogP contribution in [0.2, 0.25) is 0 Å². The highest BCUT2D eigenvalue weighted by atomic mass is 19.4. The lowest BCUT2D eigenvalue weighted by atomic mass is 10.0. The molecule has 110 valence electrons. The Balaban J connectivity index is 2.29. The summed E-state index contributed by atoms with van der Waals surface area (Å²) in [5, 5.41) is 0. The van der Waals surface area contributed by atoms with Crippen molar-refractivity contribution in [2.24, 2.45) is 5.73 Å². The largest absolute Gasteiger partial charge is 0.522 e. The van der Waals surface area contributed by atoms with Crippen molar-refractivity contribution in [3.05, 3.63) is 35.4 Å². The van der Waals surface area contributed by atoms with Gasteiger partial charge in [0.05, 0.1) is 12.1 Å². The Hall–Kier alpha value is -1.76. The van der Waals surface area contributed by atoms with Crippen molar-refractivity contribution in [3.63, 3.8) is 0 Å². The summed E-state index contributed by atoms with van der Waals surface area (Å²) in [6.45, 7) is 2.02. The molecule has 2 unspecified atom stereocenters. The molecule has 0 spiro atoms. The molecule has 4 nitrogen and oxygen atoms in total. The maximum absolute atomic E-state index is 12.4. The summed E-state index contributed by atoms with van der Waals surface area (Å²) in [5.41, 5.74) is 6.79. The number of amides is 2.